The number of benzene rings is 2. The lowest BCUT2D eigenvalue weighted by molar-refractivity contribution is 0.415. The van der Waals surface area contributed by atoms with Crippen LogP contribution in [0.15, 0.2) is 79.1 Å². The number of pyridine rings is 2. The van der Waals surface area contributed by atoms with Crippen molar-refractivity contribution in [3.63, 3.8) is 0 Å². The first kappa shape index (κ1) is 17.0. The second-order valence-electron chi connectivity index (χ2n) is 6.33. The number of hydrogen-bond acceptors (Lipinski definition) is 4. The van der Waals surface area contributed by atoms with Crippen LogP contribution in [0.1, 0.15) is 5.56 Å². The number of methoxy groups -OCH3 is 1. The minimum atomic E-state index is 0.843. The van der Waals surface area contributed by atoms with E-state index in [1.165, 1.54) is 5.56 Å². The van der Waals surface area contributed by atoms with Crippen molar-refractivity contribution >= 4 is 16.6 Å². The number of rotatable bonds is 6. The van der Waals surface area contributed by atoms with Crippen LogP contribution in [0.25, 0.3) is 22.2 Å². The molecule has 4 nitrogen and oxygen atoms in total. The van der Waals surface area contributed by atoms with Crippen LogP contribution in [0.3, 0.4) is 0 Å². The standard InChI is InChI=1S/C23H21N3O/c1-27-19-8-6-18(7-9-19)22-16-23(20-4-2-3-5-21(20)26-22)25-15-12-17-10-13-24-14-11-17/h2-11,13-14,16H,12,15H2,1H3,(H,25,26). The average Bonchev–Trinajstić information content (AvgIpc) is 2.74. The Morgan fingerprint density at radius 1 is 0.926 bits per heavy atom. The van der Waals surface area contributed by atoms with Gasteiger partial charge in [0.25, 0.3) is 0 Å². The van der Waals surface area contributed by atoms with E-state index < -0.39 is 0 Å². The summed E-state index contributed by atoms with van der Waals surface area (Å²) in [5, 5.41) is 4.71. The maximum absolute atomic E-state index is 5.26. The molecule has 0 amide bonds. The number of hydrogen-bond donors (Lipinski definition) is 1. The van der Waals surface area contributed by atoms with E-state index in [1.54, 1.807) is 7.11 Å². The van der Waals surface area contributed by atoms with Crippen LogP contribution >= 0.6 is 0 Å². The van der Waals surface area contributed by atoms with Gasteiger partial charge in [-0.25, -0.2) is 4.98 Å². The molecule has 2 heterocycles. The van der Waals surface area contributed by atoms with Crippen LogP contribution in [-0.2, 0) is 6.42 Å². The highest BCUT2D eigenvalue weighted by Gasteiger charge is 2.08. The summed E-state index contributed by atoms with van der Waals surface area (Å²) in [5.74, 6) is 0.843. The van der Waals surface area contributed by atoms with Gasteiger partial charge in [0.1, 0.15) is 5.75 Å². The van der Waals surface area contributed by atoms with Gasteiger partial charge in [0, 0.05) is 35.6 Å². The topological polar surface area (TPSA) is 47.0 Å². The quantitative estimate of drug-likeness (QED) is 0.531. The third-order valence-electron chi connectivity index (χ3n) is 4.58. The molecule has 4 heteroatoms. The molecular formula is C23H21N3O. The van der Waals surface area contributed by atoms with E-state index in [4.69, 9.17) is 9.72 Å². The Morgan fingerprint density at radius 3 is 2.48 bits per heavy atom. The zero-order chi connectivity index (χ0) is 18.5. The minimum absolute atomic E-state index is 0.843. The molecule has 1 N–H and O–H groups in total. The van der Waals surface area contributed by atoms with E-state index in [9.17, 15) is 0 Å². The van der Waals surface area contributed by atoms with Gasteiger partial charge in [0.05, 0.1) is 18.3 Å². The lowest BCUT2D eigenvalue weighted by Gasteiger charge is -2.12. The molecule has 2 aromatic heterocycles. The van der Waals surface area contributed by atoms with E-state index >= 15 is 0 Å². The highest BCUT2D eigenvalue weighted by Crippen LogP contribution is 2.29. The number of nitrogens with one attached hydrogen (secondary N) is 1. The van der Waals surface area contributed by atoms with Gasteiger partial charge < -0.3 is 10.1 Å². The number of anilines is 1. The lowest BCUT2D eigenvalue weighted by atomic mass is 10.1. The Balaban J connectivity index is 1.63. The fraction of sp³-hybridized carbons (Fsp3) is 0.130. The Hall–Kier alpha value is -3.40. The molecule has 0 atom stereocenters. The largest absolute Gasteiger partial charge is 0.497 e. The first-order valence-electron chi connectivity index (χ1n) is 9.00. The number of ether oxygens (including phenoxy) is 1. The van der Waals surface area contributed by atoms with Gasteiger partial charge in [-0.05, 0) is 60.5 Å². The van der Waals surface area contributed by atoms with E-state index in [2.05, 4.69) is 40.6 Å². The zero-order valence-electron chi connectivity index (χ0n) is 15.2. The lowest BCUT2D eigenvalue weighted by Crippen LogP contribution is -2.06. The van der Waals surface area contributed by atoms with Crippen LogP contribution in [0, 0.1) is 0 Å². The van der Waals surface area contributed by atoms with Gasteiger partial charge in [-0.2, -0.15) is 0 Å². The van der Waals surface area contributed by atoms with Crippen molar-refractivity contribution in [2.24, 2.45) is 0 Å². The summed E-state index contributed by atoms with van der Waals surface area (Å²) < 4.78 is 5.26. The smallest absolute Gasteiger partial charge is 0.118 e. The van der Waals surface area contributed by atoms with Crippen molar-refractivity contribution in [2.75, 3.05) is 19.0 Å². The summed E-state index contributed by atoms with van der Waals surface area (Å²) in [6.45, 7) is 0.847. The summed E-state index contributed by atoms with van der Waals surface area (Å²) in [6.07, 6.45) is 4.61. The van der Waals surface area contributed by atoms with Crippen molar-refractivity contribution in [2.45, 2.75) is 6.42 Å². The van der Waals surface area contributed by atoms with Crippen molar-refractivity contribution in [3.05, 3.63) is 84.7 Å². The van der Waals surface area contributed by atoms with Crippen molar-refractivity contribution in [3.8, 4) is 17.0 Å². The third kappa shape index (κ3) is 3.90. The molecule has 27 heavy (non-hydrogen) atoms. The predicted molar refractivity (Wildman–Crippen MR) is 110 cm³/mol. The summed E-state index contributed by atoms with van der Waals surface area (Å²) in [6, 6.07) is 22.4. The highest BCUT2D eigenvalue weighted by molar-refractivity contribution is 5.93. The monoisotopic (exact) mass is 355 g/mol. The molecule has 0 spiro atoms. The van der Waals surface area contributed by atoms with E-state index in [-0.39, 0.29) is 0 Å². The van der Waals surface area contributed by atoms with Gasteiger partial charge >= 0.3 is 0 Å². The first-order chi connectivity index (χ1) is 13.3. The van der Waals surface area contributed by atoms with Crippen LogP contribution in [0.2, 0.25) is 0 Å². The first-order valence-corrected chi connectivity index (χ1v) is 9.00. The second-order valence-corrected chi connectivity index (χ2v) is 6.33. The number of fused-ring (bicyclic) bond motifs is 1. The van der Waals surface area contributed by atoms with Crippen LogP contribution < -0.4 is 10.1 Å². The average molecular weight is 355 g/mol. The van der Waals surface area contributed by atoms with E-state index in [0.29, 0.717) is 0 Å². The fourth-order valence-electron chi connectivity index (χ4n) is 3.12. The normalized spacial score (nSPS) is 10.7. The zero-order valence-corrected chi connectivity index (χ0v) is 15.2. The molecule has 0 unspecified atom stereocenters. The summed E-state index contributed by atoms with van der Waals surface area (Å²) >= 11 is 0. The van der Waals surface area contributed by atoms with E-state index in [0.717, 1.165) is 46.6 Å². The molecule has 2 aromatic carbocycles. The molecule has 0 aliphatic carbocycles. The number of aromatic nitrogens is 2. The van der Waals surface area contributed by atoms with E-state index in [1.807, 2.05) is 48.8 Å². The molecule has 0 radical (unpaired) electrons. The number of para-hydroxylation sites is 1. The van der Waals surface area contributed by atoms with Gasteiger partial charge in [0.2, 0.25) is 0 Å². The van der Waals surface area contributed by atoms with Gasteiger partial charge in [-0.1, -0.05) is 18.2 Å². The molecule has 134 valence electrons. The van der Waals surface area contributed by atoms with Crippen LogP contribution in [-0.4, -0.2) is 23.6 Å². The molecule has 0 aliphatic rings. The molecule has 0 aliphatic heterocycles. The Bertz CT molecular complexity index is 1030. The summed E-state index contributed by atoms with van der Waals surface area (Å²) in [7, 11) is 1.67. The molecular weight excluding hydrogens is 334 g/mol. The minimum Gasteiger partial charge on any atom is -0.497 e. The molecule has 0 saturated carbocycles. The van der Waals surface area contributed by atoms with Gasteiger partial charge in [0.15, 0.2) is 0 Å². The summed E-state index contributed by atoms with van der Waals surface area (Å²) in [4.78, 5) is 8.91. The van der Waals surface area contributed by atoms with Gasteiger partial charge in [-0.15, -0.1) is 0 Å². The molecule has 0 saturated heterocycles. The Morgan fingerprint density at radius 2 is 1.70 bits per heavy atom. The number of nitrogens with zero attached hydrogens (tertiary/aromatic N) is 2. The molecule has 0 fully saturated rings. The third-order valence-corrected chi connectivity index (χ3v) is 4.58. The predicted octanol–water partition coefficient (Wildman–Crippen LogP) is 4.96. The second kappa shape index (κ2) is 7.87. The maximum Gasteiger partial charge on any atom is 0.118 e. The van der Waals surface area contributed by atoms with Crippen LogP contribution in [0.4, 0.5) is 5.69 Å². The molecule has 0 bridgehead atoms. The maximum atomic E-state index is 5.26. The highest BCUT2D eigenvalue weighted by atomic mass is 16.5. The molecule has 4 rings (SSSR count). The summed E-state index contributed by atoms with van der Waals surface area (Å²) in [5.41, 5.74) is 5.37. The van der Waals surface area contributed by atoms with Crippen LogP contribution in [0.5, 0.6) is 5.75 Å². The SMILES string of the molecule is COc1ccc(-c2cc(NCCc3ccncc3)c3ccccc3n2)cc1. The fourth-order valence-corrected chi connectivity index (χ4v) is 3.12. The Labute approximate surface area is 158 Å². The Kier molecular flexibility index (Phi) is 4.97. The molecule has 4 aromatic rings. The van der Waals surface area contributed by atoms with Crippen molar-refractivity contribution in [1.82, 2.24) is 9.97 Å². The van der Waals surface area contributed by atoms with Crippen molar-refractivity contribution in [1.29, 1.82) is 0 Å². The van der Waals surface area contributed by atoms with Gasteiger partial charge in [-0.3, -0.25) is 4.98 Å². The van der Waals surface area contributed by atoms with Crippen molar-refractivity contribution < 1.29 is 4.74 Å².